The number of anilines is 1. The highest BCUT2D eigenvalue weighted by molar-refractivity contribution is 5.53. The quantitative estimate of drug-likeness (QED) is 0.296. The highest BCUT2D eigenvalue weighted by Crippen LogP contribution is 2.35. The molecule has 9 heteroatoms. The molecule has 2 aromatic heterocycles. The largest absolute Gasteiger partial charge is 0.493 e. The van der Waals surface area contributed by atoms with E-state index in [1.807, 2.05) is 67.3 Å². The standard InChI is InChI=1S/C27H32N4O5/c1-18-23(19(2)36-29-18)17-31-16-22(13-28-31)30(14-20-9-7-11-24(32-3)26(20)34-5)15-21-10-8-12-25(33-4)27(21)35-6/h7-13,16H,14-15,17H2,1-6H3. The molecule has 0 aliphatic carbocycles. The fourth-order valence-electron chi connectivity index (χ4n) is 4.30. The third-order valence-electron chi connectivity index (χ3n) is 6.18. The molecule has 0 bridgehead atoms. The molecule has 0 aliphatic heterocycles. The molecular formula is C27H32N4O5. The van der Waals surface area contributed by atoms with Crippen LogP contribution in [0.15, 0.2) is 53.3 Å². The summed E-state index contributed by atoms with van der Waals surface area (Å²) < 4.78 is 29.7. The Kier molecular flexibility index (Phi) is 7.68. The Bertz CT molecular complexity index is 1240. The summed E-state index contributed by atoms with van der Waals surface area (Å²) in [5, 5.41) is 8.68. The van der Waals surface area contributed by atoms with Gasteiger partial charge in [0.15, 0.2) is 23.0 Å². The monoisotopic (exact) mass is 492 g/mol. The van der Waals surface area contributed by atoms with Gasteiger partial charge in [-0.1, -0.05) is 29.4 Å². The summed E-state index contributed by atoms with van der Waals surface area (Å²) in [5.41, 5.74) is 4.80. The normalized spacial score (nSPS) is 10.8. The van der Waals surface area contributed by atoms with Crippen molar-refractivity contribution in [3.8, 4) is 23.0 Å². The van der Waals surface area contributed by atoms with Gasteiger partial charge in [-0.15, -0.1) is 0 Å². The van der Waals surface area contributed by atoms with Gasteiger partial charge in [-0.05, 0) is 26.0 Å². The van der Waals surface area contributed by atoms with E-state index in [-0.39, 0.29) is 0 Å². The second-order valence-electron chi connectivity index (χ2n) is 8.36. The van der Waals surface area contributed by atoms with E-state index in [1.54, 1.807) is 28.4 Å². The second kappa shape index (κ2) is 11.1. The maximum Gasteiger partial charge on any atom is 0.165 e. The van der Waals surface area contributed by atoms with Gasteiger partial charge in [-0.25, -0.2) is 0 Å². The molecule has 0 saturated heterocycles. The minimum atomic E-state index is 0.553. The van der Waals surface area contributed by atoms with E-state index in [0.717, 1.165) is 33.8 Å². The van der Waals surface area contributed by atoms with Crippen molar-refractivity contribution >= 4 is 5.69 Å². The van der Waals surface area contributed by atoms with Crippen LogP contribution in [0.2, 0.25) is 0 Å². The molecule has 0 spiro atoms. The van der Waals surface area contributed by atoms with Gasteiger partial charge >= 0.3 is 0 Å². The lowest BCUT2D eigenvalue weighted by molar-refractivity contribution is 0.350. The van der Waals surface area contributed by atoms with Crippen LogP contribution in [0, 0.1) is 13.8 Å². The topological polar surface area (TPSA) is 84.0 Å². The third kappa shape index (κ3) is 5.10. The highest BCUT2D eigenvalue weighted by atomic mass is 16.5. The van der Waals surface area contributed by atoms with Crippen molar-refractivity contribution in [2.75, 3.05) is 33.3 Å². The Morgan fingerprint density at radius 2 is 1.42 bits per heavy atom. The number of rotatable bonds is 11. The van der Waals surface area contributed by atoms with E-state index >= 15 is 0 Å². The molecule has 0 aliphatic rings. The van der Waals surface area contributed by atoms with Crippen LogP contribution in [0.3, 0.4) is 0 Å². The van der Waals surface area contributed by atoms with Crippen LogP contribution >= 0.6 is 0 Å². The molecule has 0 saturated carbocycles. The first kappa shape index (κ1) is 25.0. The maximum atomic E-state index is 5.70. The van der Waals surface area contributed by atoms with Crippen molar-refractivity contribution in [1.29, 1.82) is 0 Å². The molecule has 4 rings (SSSR count). The first-order valence-electron chi connectivity index (χ1n) is 11.6. The molecule has 0 amide bonds. The lowest BCUT2D eigenvalue weighted by atomic mass is 10.1. The van der Waals surface area contributed by atoms with Crippen molar-refractivity contribution in [2.45, 2.75) is 33.5 Å². The van der Waals surface area contributed by atoms with Crippen LogP contribution in [-0.2, 0) is 19.6 Å². The molecule has 36 heavy (non-hydrogen) atoms. The molecule has 190 valence electrons. The highest BCUT2D eigenvalue weighted by Gasteiger charge is 2.19. The second-order valence-corrected chi connectivity index (χ2v) is 8.36. The number of nitrogens with zero attached hydrogens (tertiary/aromatic N) is 4. The number of methoxy groups -OCH3 is 4. The van der Waals surface area contributed by atoms with E-state index in [1.165, 1.54) is 0 Å². The van der Waals surface area contributed by atoms with E-state index in [2.05, 4.69) is 15.2 Å². The predicted molar refractivity (Wildman–Crippen MR) is 136 cm³/mol. The van der Waals surface area contributed by atoms with E-state index in [4.69, 9.17) is 23.5 Å². The van der Waals surface area contributed by atoms with Crippen LogP contribution < -0.4 is 23.8 Å². The summed E-state index contributed by atoms with van der Waals surface area (Å²) in [6.07, 6.45) is 3.88. The maximum absolute atomic E-state index is 5.70. The molecule has 0 fully saturated rings. The third-order valence-corrected chi connectivity index (χ3v) is 6.18. The molecule has 0 atom stereocenters. The Balaban J connectivity index is 1.71. The van der Waals surface area contributed by atoms with Crippen LogP contribution in [0.1, 0.15) is 28.1 Å². The zero-order valence-corrected chi connectivity index (χ0v) is 21.6. The summed E-state index contributed by atoms with van der Waals surface area (Å²) in [5.74, 6) is 3.56. The molecule has 2 aromatic carbocycles. The number of benzene rings is 2. The van der Waals surface area contributed by atoms with E-state index in [9.17, 15) is 0 Å². The Morgan fingerprint density at radius 3 is 1.89 bits per heavy atom. The van der Waals surface area contributed by atoms with Crippen molar-refractivity contribution < 1.29 is 23.5 Å². The molecule has 4 aromatic rings. The fraction of sp³-hybridized carbons (Fsp3) is 0.333. The zero-order chi connectivity index (χ0) is 25.7. The summed E-state index contributed by atoms with van der Waals surface area (Å²) in [7, 11) is 6.58. The van der Waals surface area contributed by atoms with Crippen molar-refractivity contribution in [2.24, 2.45) is 0 Å². The van der Waals surface area contributed by atoms with Gasteiger partial charge in [0, 0.05) is 36.0 Å². The number of aryl methyl sites for hydroxylation is 2. The molecule has 2 heterocycles. The predicted octanol–water partition coefficient (Wildman–Crippen LogP) is 4.78. The van der Waals surface area contributed by atoms with Gasteiger partial charge in [-0.3, -0.25) is 4.68 Å². The van der Waals surface area contributed by atoms with Crippen LogP contribution in [0.4, 0.5) is 5.69 Å². The average molecular weight is 493 g/mol. The van der Waals surface area contributed by atoms with Crippen molar-refractivity contribution in [3.63, 3.8) is 0 Å². The molecular weight excluding hydrogens is 460 g/mol. The smallest absolute Gasteiger partial charge is 0.165 e. The van der Waals surface area contributed by atoms with Gasteiger partial charge in [0.2, 0.25) is 0 Å². The average Bonchev–Trinajstić information content (AvgIpc) is 3.50. The minimum Gasteiger partial charge on any atom is -0.493 e. The number of hydrogen-bond donors (Lipinski definition) is 0. The van der Waals surface area contributed by atoms with Crippen LogP contribution in [-0.4, -0.2) is 43.4 Å². The zero-order valence-electron chi connectivity index (χ0n) is 21.6. The SMILES string of the molecule is COc1cccc(CN(Cc2cccc(OC)c2OC)c2cnn(Cc3c(C)noc3C)c2)c1OC. The minimum absolute atomic E-state index is 0.553. The molecule has 0 unspecified atom stereocenters. The molecule has 0 N–H and O–H groups in total. The van der Waals surface area contributed by atoms with Gasteiger partial charge in [0.1, 0.15) is 5.76 Å². The molecule has 0 radical (unpaired) electrons. The van der Waals surface area contributed by atoms with Gasteiger partial charge < -0.3 is 28.4 Å². The number of aromatic nitrogens is 3. The van der Waals surface area contributed by atoms with Crippen molar-refractivity contribution in [3.05, 3.63) is 76.9 Å². The first-order chi connectivity index (χ1) is 17.5. The Morgan fingerprint density at radius 1 is 0.833 bits per heavy atom. The Hall–Kier alpha value is -4.14. The lowest BCUT2D eigenvalue weighted by Gasteiger charge is -2.26. The summed E-state index contributed by atoms with van der Waals surface area (Å²) in [6.45, 7) is 5.53. The number of ether oxygens (including phenoxy) is 4. The lowest BCUT2D eigenvalue weighted by Crippen LogP contribution is -2.22. The number of para-hydroxylation sites is 2. The van der Waals surface area contributed by atoms with Crippen molar-refractivity contribution in [1.82, 2.24) is 14.9 Å². The first-order valence-corrected chi connectivity index (χ1v) is 11.6. The molecule has 9 nitrogen and oxygen atoms in total. The summed E-state index contributed by atoms with van der Waals surface area (Å²) in [4.78, 5) is 2.21. The fourth-order valence-corrected chi connectivity index (χ4v) is 4.30. The van der Waals surface area contributed by atoms with Gasteiger partial charge in [-0.2, -0.15) is 5.10 Å². The van der Waals surface area contributed by atoms with E-state index in [0.29, 0.717) is 42.6 Å². The summed E-state index contributed by atoms with van der Waals surface area (Å²) >= 11 is 0. The van der Waals surface area contributed by atoms with Crippen LogP contribution in [0.25, 0.3) is 0 Å². The van der Waals surface area contributed by atoms with Crippen LogP contribution in [0.5, 0.6) is 23.0 Å². The van der Waals surface area contributed by atoms with Gasteiger partial charge in [0.25, 0.3) is 0 Å². The Labute approximate surface area is 211 Å². The van der Waals surface area contributed by atoms with E-state index < -0.39 is 0 Å². The summed E-state index contributed by atoms with van der Waals surface area (Å²) in [6, 6.07) is 11.8. The number of hydrogen-bond acceptors (Lipinski definition) is 8. The van der Waals surface area contributed by atoms with Gasteiger partial charge in [0.05, 0.1) is 52.6 Å².